The van der Waals surface area contributed by atoms with E-state index in [1.54, 1.807) is 6.33 Å². The van der Waals surface area contributed by atoms with Crippen molar-refractivity contribution in [1.82, 2.24) is 25.1 Å². The Balaban J connectivity index is 1.65. The molecule has 0 amide bonds. The summed E-state index contributed by atoms with van der Waals surface area (Å²) in [5, 5.41) is 10.1. The third kappa shape index (κ3) is 2.87. The van der Waals surface area contributed by atoms with Crippen molar-refractivity contribution in [3.8, 4) is 0 Å². The van der Waals surface area contributed by atoms with Gasteiger partial charge in [0.1, 0.15) is 18.0 Å². The second kappa shape index (κ2) is 5.31. The smallest absolute Gasteiger partial charge is 0.169 e. The van der Waals surface area contributed by atoms with E-state index in [4.69, 9.17) is 4.74 Å². The highest BCUT2D eigenvalue weighted by molar-refractivity contribution is 5.36. The van der Waals surface area contributed by atoms with Gasteiger partial charge in [-0.2, -0.15) is 5.10 Å². The second-order valence-electron chi connectivity index (χ2n) is 4.58. The average molecular weight is 260 g/mol. The molecule has 3 rings (SSSR count). The maximum atomic E-state index is 5.38. The van der Waals surface area contributed by atoms with Crippen molar-refractivity contribution in [2.45, 2.75) is 25.8 Å². The Morgan fingerprint density at radius 1 is 1.47 bits per heavy atom. The standard InChI is InChI=1S/C12H16N6O/c1-8-16-12(18-17-8)5-13-11-4-10(14-7-15-11)9-2-3-19-6-9/h4,7,9H,2-3,5-6H2,1H3,(H,13,14,15)(H,16,17,18)/t9-/m1/s1. The van der Waals surface area contributed by atoms with E-state index in [-0.39, 0.29) is 0 Å². The summed E-state index contributed by atoms with van der Waals surface area (Å²) >= 11 is 0. The van der Waals surface area contributed by atoms with Crippen LogP contribution in [0.2, 0.25) is 0 Å². The van der Waals surface area contributed by atoms with E-state index in [9.17, 15) is 0 Å². The van der Waals surface area contributed by atoms with Gasteiger partial charge in [-0.3, -0.25) is 5.10 Å². The highest BCUT2D eigenvalue weighted by Gasteiger charge is 2.19. The van der Waals surface area contributed by atoms with Gasteiger partial charge in [0.25, 0.3) is 0 Å². The summed E-state index contributed by atoms with van der Waals surface area (Å²) in [7, 11) is 0. The van der Waals surface area contributed by atoms with Gasteiger partial charge >= 0.3 is 0 Å². The molecule has 0 saturated carbocycles. The molecule has 1 saturated heterocycles. The average Bonchev–Trinajstić information content (AvgIpc) is 3.08. The van der Waals surface area contributed by atoms with Gasteiger partial charge in [0.05, 0.1) is 18.8 Å². The lowest BCUT2D eigenvalue weighted by molar-refractivity contribution is 0.193. The summed E-state index contributed by atoms with van der Waals surface area (Å²) in [5.74, 6) is 2.71. The molecule has 1 aliphatic rings. The number of ether oxygens (including phenoxy) is 1. The third-order valence-electron chi connectivity index (χ3n) is 3.11. The molecule has 2 aromatic rings. The first kappa shape index (κ1) is 12.0. The molecule has 1 fully saturated rings. The van der Waals surface area contributed by atoms with Crippen LogP contribution in [0.4, 0.5) is 5.82 Å². The summed E-state index contributed by atoms with van der Waals surface area (Å²) in [4.78, 5) is 12.7. The molecule has 0 radical (unpaired) electrons. The first-order valence-electron chi connectivity index (χ1n) is 6.33. The number of aromatic amines is 1. The van der Waals surface area contributed by atoms with Crippen molar-refractivity contribution >= 4 is 5.82 Å². The largest absolute Gasteiger partial charge is 0.381 e. The van der Waals surface area contributed by atoms with Gasteiger partial charge in [-0.1, -0.05) is 0 Å². The van der Waals surface area contributed by atoms with Gasteiger partial charge < -0.3 is 10.1 Å². The minimum Gasteiger partial charge on any atom is -0.381 e. The highest BCUT2D eigenvalue weighted by atomic mass is 16.5. The molecule has 7 nitrogen and oxygen atoms in total. The maximum Gasteiger partial charge on any atom is 0.169 e. The van der Waals surface area contributed by atoms with Crippen molar-refractivity contribution in [2.75, 3.05) is 18.5 Å². The molecule has 0 aromatic carbocycles. The van der Waals surface area contributed by atoms with Gasteiger partial charge in [0, 0.05) is 18.6 Å². The van der Waals surface area contributed by atoms with Crippen LogP contribution < -0.4 is 5.32 Å². The zero-order valence-electron chi connectivity index (χ0n) is 10.8. The predicted octanol–water partition coefficient (Wildman–Crippen LogP) is 1.02. The first-order chi connectivity index (χ1) is 9.31. The molecule has 0 spiro atoms. The number of anilines is 1. The van der Waals surface area contributed by atoms with Crippen molar-refractivity contribution in [2.24, 2.45) is 0 Å². The molecule has 3 heterocycles. The number of aromatic nitrogens is 5. The normalized spacial score (nSPS) is 18.7. The van der Waals surface area contributed by atoms with Crippen LogP contribution in [0.15, 0.2) is 12.4 Å². The SMILES string of the molecule is Cc1nc(CNc2cc([C@@H]3CCOC3)ncn2)n[nH]1. The van der Waals surface area contributed by atoms with Crippen LogP contribution in [0.1, 0.15) is 29.7 Å². The number of hydrogen-bond acceptors (Lipinski definition) is 6. The summed E-state index contributed by atoms with van der Waals surface area (Å²) in [6, 6.07) is 1.97. The topological polar surface area (TPSA) is 88.6 Å². The summed E-state index contributed by atoms with van der Waals surface area (Å²) in [6.45, 7) is 3.98. The van der Waals surface area contributed by atoms with E-state index in [1.165, 1.54) is 0 Å². The van der Waals surface area contributed by atoms with Gasteiger partial charge in [-0.15, -0.1) is 0 Å². The number of aryl methyl sites for hydroxylation is 1. The Kier molecular flexibility index (Phi) is 3.37. The molecule has 2 N–H and O–H groups in total. The van der Waals surface area contributed by atoms with Crippen LogP contribution in [0.3, 0.4) is 0 Å². The van der Waals surface area contributed by atoms with E-state index < -0.39 is 0 Å². The summed E-state index contributed by atoms with van der Waals surface area (Å²) < 4.78 is 5.38. The molecular weight excluding hydrogens is 244 g/mol. The molecule has 0 unspecified atom stereocenters. The zero-order valence-corrected chi connectivity index (χ0v) is 10.8. The molecule has 100 valence electrons. The van der Waals surface area contributed by atoms with Crippen molar-refractivity contribution in [3.63, 3.8) is 0 Å². The number of rotatable bonds is 4. The lowest BCUT2D eigenvalue weighted by atomic mass is 10.1. The molecule has 1 atom stereocenters. The first-order valence-corrected chi connectivity index (χ1v) is 6.33. The number of hydrogen-bond donors (Lipinski definition) is 2. The van der Waals surface area contributed by atoms with Crippen LogP contribution in [-0.4, -0.2) is 38.4 Å². The fourth-order valence-electron chi connectivity index (χ4n) is 2.10. The van der Waals surface area contributed by atoms with E-state index in [1.807, 2.05) is 13.0 Å². The van der Waals surface area contributed by atoms with Crippen LogP contribution in [0.25, 0.3) is 0 Å². The number of nitrogens with one attached hydrogen (secondary N) is 2. The molecule has 1 aliphatic heterocycles. The quantitative estimate of drug-likeness (QED) is 0.853. The van der Waals surface area contributed by atoms with Crippen molar-refractivity contribution in [3.05, 3.63) is 29.7 Å². The van der Waals surface area contributed by atoms with Crippen LogP contribution in [0, 0.1) is 6.92 Å². The number of H-pyrrole nitrogens is 1. The van der Waals surface area contributed by atoms with Gasteiger partial charge in [-0.05, 0) is 13.3 Å². The van der Waals surface area contributed by atoms with E-state index >= 15 is 0 Å². The monoisotopic (exact) mass is 260 g/mol. The second-order valence-corrected chi connectivity index (χ2v) is 4.58. The molecule has 19 heavy (non-hydrogen) atoms. The molecule has 0 aliphatic carbocycles. The fraction of sp³-hybridized carbons (Fsp3) is 0.500. The Hall–Kier alpha value is -2.02. The van der Waals surface area contributed by atoms with Crippen LogP contribution >= 0.6 is 0 Å². The van der Waals surface area contributed by atoms with E-state index in [2.05, 4.69) is 30.5 Å². The minimum absolute atomic E-state index is 0.384. The maximum absolute atomic E-state index is 5.38. The zero-order chi connectivity index (χ0) is 13.1. The highest BCUT2D eigenvalue weighted by Crippen LogP contribution is 2.24. The van der Waals surface area contributed by atoms with Crippen molar-refractivity contribution < 1.29 is 4.74 Å². The van der Waals surface area contributed by atoms with E-state index in [0.717, 1.165) is 42.8 Å². The van der Waals surface area contributed by atoms with Gasteiger partial charge in [0.15, 0.2) is 5.82 Å². The third-order valence-corrected chi connectivity index (χ3v) is 3.11. The molecular formula is C12H16N6O. The van der Waals surface area contributed by atoms with E-state index in [0.29, 0.717) is 12.5 Å². The Morgan fingerprint density at radius 3 is 3.16 bits per heavy atom. The van der Waals surface area contributed by atoms with Crippen molar-refractivity contribution in [1.29, 1.82) is 0 Å². The van der Waals surface area contributed by atoms with Gasteiger partial charge in [-0.25, -0.2) is 15.0 Å². The summed E-state index contributed by atoms with van der Waals surface area (Å²) in [6.07, 6.45) is 2.61. The lowest BCUT2D eigenvalue weighted by Crippen LogP contribution is -2.06. The van der Waals surface area contributed by atoms with Crippen LogP contribution in [0.5, 0.6) is 0 Å². The Bertz CT molecular complexity index is 549. The summed E-state index contributed by atoms with van der Waals surface area (Å²) in [5.41, 5.74) is 1.03. The van der Waals surface area contributed by atoms with Gasteiger partial charge in [0.2, 0.25) is 0 Å². The van der Waals surface area contributed by atoms with Crippen LogP contribution in [-0.2, 0) is 11.3 Å². The Labute approximate surface area is 110 Å². The minimum atomic E-state index is 0.384. The Morgan fingerprint density at radius 2 is 2.42 bits per heavy atom. The molecule has 2 aromatic heterocycles. The number of nitrogens with zero attached hydrogens (tertiary/aromatic N) is 4. The predicted molar refractivity (Wildman–Crippen MR) is 68.7 cm³/mol. The molecule has 7 heteroatoms. The molecule has 0 bridgehead atoms. The lowest BCUT2D eigenvalue weighted by Gasteiger charge is -2.08. The fourth-order valence-corrected chi connectivity index (χ4v) is 2.10.